The SMILES string of the molecule is Cc1cc(C(=O)NCCc2ccc(OCC(=O)NC3CC3)cc2)ccc1N1CCNC1=O. The molecule has 3 N–H and O–H groups in total. The number of nitrogens with zero attached hydrogens (tertiary/aromatic N) is 1. The lowest BCUT2D eigenvalue weighted by atomic mass is 10.1. The van der Waals surface area contributed by atoms with Crippen LogP contribution in [-0.2, 0) is 11.2 Å². The van der Waals surface area contributed by atoms with Crippen molar-refractivity contribution in [1.29, 1.82) is 0 Å². The molecule has 168 valence electrons. The summed E-state index contributed by atoms with van der Waals surface area (Å²) in [4.78, 5) is 37.7. The Kier molecular flexibility index (Phi) is 6.58. The summed E-state index contributed by atoms with van der Waals surface area (Å²) in [7, 11) is 0. The highest BCUT2D eigenvalue weighted by molar-refractivity contribution is 5.97. The molecule has 0 atom stereocenters. The van der Waals surface area contributed by atoms with Gasteiger partial charge in [-0.1, -0.05) is 12.1 Å². The standard InChI is InChI=1S/C24H28N4O4/c1-16-14-18(4-9-21(16)28-13-12-26-24(28)31)23(30)25-11-10-17-2-7-20(8-3-17)32-15-22(29)27-19-5-6-19/h2-4,7-9,14,19H,5-6,10-13,15H2,1H3,(H,25,30)(H,26,31)(H,27,29). The number of benzene rings is 2. The van der Waals surface area contributed by atoms with E-state index >= 15 is 0 Å². The average Bonchev–Trinajstić information content (AvgIpc) is 3.50. The quantitative estimate of drug-likeness (QED) is 0.561. The average molecular weight is 437 g/mol. The van der Waals surface area contributed by atoms with E-state index in [1.807, 2.05) is 43.3 Å². The number of carbonyl (C=O) groups excluding carboxylic acids is 3. The lowest BCUT2D eigenvalue weighted by Gasteiger charge is -2.17. The first-order chi connectivity index (χ1) is 15.5. The van der Waals surface area contributed by atoms with E-state index in [2.05, 4.69) is 16.0 Å². The van der Waals surface area contributed by atoms with Crippen LogP contribution in [0.4, 0.5) is 10.5 Å². The number of anilines is 1. The van der Waals surface area contributed by atoms with E-state index in [1.165, 1.54) is 0 Å². The molecule has 4 amide bonds. The maximum absolute atomic E-state index is 12.5. The molecule has 8 nitrogen and oxygen atoms in total. The van der Waals surface area contributed by atoms with Crippen LogP contribution in [0, 0.1) is 6.92 Å². The van der Waals surface area contributed by atoms with Crippen molar-refractivity contribution >= 4 is 23.5 Å². The summed E-state index contributed by atoms with van der Waals surface area (Å²) in [6.07, 6.45) is 2.79. The topological polar surface area (TPSA) is 99.8 Å². The minimum Gasteiger partial charge on any atom is -0.484 e. The molecule has 0 bridgehead atoms. The zero-order valence-electron chi connectivity index (χ0n) is 18.1. The third-order valence-corrected chi connectivity index (χ3v) is 5.54. The number of amides is 4. The Balaban J connectivity index is 1.22. The number of urea groups is 1. The van der Waals surface area contributed by atoms with Crippen LogP contribution in [0.15, 0.2) is 42.5 Å². The second-order valence-electron chi connectivity index (χ2n) is 8.17. The van der Waals surface area contributed by atoms with E-state index in [4.69, 9.17) is 4.74 Å². The van der Waals surface area contributed by atoms with Crippen molar-refractivity contribution < 1.29 is 19.1 Å². The van der Waals surface area contributed by atoms with Gasteiger partial charge in [0.1, 0.15) is 5.75 Å². The second kappa shape index (κ2) is 9.72. The Morgan fingerprint density at radius 1 is 1.16 bits per heavy atom. The fourth-order valence-corrected chi connectivity index (χ4v) is 3.62. The predicted octanol–water partition coefficient (Wildman–Crippen LogP) is 2.15. The normalized spacial score (nSPS) is 15.3. The molecule has 1 aliphatic heterocycles. The molecule has 1 saturated carbocycles. The Labute approximate surface area is 187 Å². The fourth-order valence-electron chi connectivity index (χ4n) is 3.62. The van der Waals surface area contributed by atoms with Gasteiger partial charge < -0.3 is 20.7 Å². The molecular formula is C24H28N4O4. The van der Waals surface area contributed by atoms with Crippen molar-refractivity contribution in [2.75, 3.05) is 31.1 Å². The second-order valence-corrected chi connectivity index (χ2v) is 8.17. The number of carbonyl (C=O) groups is 3. The van der Waals surface area contributed by atoms with Gasteiger partial charge in [-0.2, -0.15) is 0 Å². The molecule has 1 heterocycles. The minimum atomic E-state index is -0.146. The number of nitrogens with one attached hydrogen (secondary N) is 3. The molecule has 2 fully saturated rings. The lowest BCUT2D eigenvalue weighted by Crippen LogP contribution is -2.30. The first-order valence-corrected chi connectivity index (χ1v) is 10.9. The van der Waals surface area contributed by atoms with E-state index in [-0.39, 0.29) is 24.5 Å². The third-order valence-electron chi connectivity index (χ3n) is 5.54. The van der Waals surface area contributed by atoms with Gasteiger partial charge in [0, 0.05) is 36.9 Å². The van der Waals surface area contributed by atoms with Crippen LogP contribution < -0.4 is 25.6 Å². The summed E-state index contributed by atoms with van der Waals surface area (Å²) in [6, 6.07) is 13.1. The van der Waals surface area contributed by atoms with Crippen molar-refractivity contribution in [3.8, 4) is 5.75 Å². The van der Waals surface area contributed by atoms with E-state index < -0.39 is 0 Å². The van der Waals surface area contributed by atoms with E-state index in [0.717, 1.165) is 29.7 Å². The highest BCUT2D eigenvalue weighted by Gasteiger charge is 2.24. The van der Waals surface area contributed by atoms with Gasteiger partial charge in [0.05, 0.1) is 0 Å². The first-order valence-electron chi connectivity index (χ1n) is 10.9. The van der Waals surface area contributed by atoms with E-state index in [9.17, 15) is 14.4 Å². The van der Waals surface area contributed by atoms with Crippen LogP contribution in [0.3, 0.4) is 0 Å². The lowest BCUT2D eigenvalue weighted by molar-refractivity contribution is -0.123. The maximum Gasteiger partial charge on any atom is 0.322 e. The largest absolute Gasteiger partial charge is 0.484 e. The summed E-state index contributed by atoms with van der Waals surface area (Å²) in [5, 5.41) is 8.60. The summed E-state index contributed by atoms with van der Waals surface area (Å²) >= 11 is 0. The smallest absolute Gasteiger partial charge is 0.322 e. The molecule has 1 saturated heterocycles. The van der Waals surface area contributed by atoms with Gasteiger partial charge >= 0.3 is 6.03 Å². The van der Waals surface area contributed by atoms with Crippen LogP contribution in [0.25, 0.3) is 0 Å². The van der Waals surface area contributed by atoms with Crippen LogP contribution in [0.2, 0.25) is 0 Å². The first kappa shape index (κ1) is 21.7. The van der Waals surface area contributed by atoms with Crippen molar-refractivity contribution in [3.05, 3.63) is 59.2 Å². The third kappa shape index (κ3) is 5.57. The van der Waals surface area contributed by atoms with Gasteiger partial charge in [0.25, 0.3) is 11.8 Å². The van der Waals surface area contributed by atoms with Gasteiger partial charge in [-0.05, 0) is 67.6 Å². The zero-order chi connectivity index (χ0) is 22.5. The van der Waals surface area contributed by atoms with E-state index in [0.29, 0.717) is 43.4 Å². The number of rotatable bonds is 9. The van der Waals surface area contributed by atoms with Crippen LogP contribution in [-0.4, -0.2) is 50.1 Å². The number of hydrogen-bond donors (Lipinski definition) is 3. The van der Waals surface area contributed by atoms with Crippen molar-refractivity contribution in [1.82, 2.24) is 16.0 Å². The van der Waals surface area contributed by atoms with Crippen molar-refractivity contribution in [3.63, 3.8) is 0 Å². The van der Waals surface area contributed by atoms with Gasteiger partial charge in [-0.3, -0.25) is 14.5 Å². The van der Waals surface area contributed by atoms with Gasteiger partial charge in [-0.25, -0.2) is 4.79 Å². The summed E-state index contributed by atoms with van der Waals surface area (Å²) < 4.78 is 5.51. The molecule has 1 aliphatic carbocycles. The summed E-state index contributed by atoms with van der Waals surface area (Å²) in [5.41, 5.74) is 3.34. The molecule has 2 aromatic carbocycles. The Bertz CT molecular complexity index is 1000. The number of ether oxygens (including phenoxy) is 1. The predicted molar refractivity (Wildman–Crippen MR) is 121 cm³/mol. The van der Waals surface area contributed by atoms with Crippen LogP contribution in [0.5, 0.6) is 5.75 Å². The number of hydrogen-bond acceptors (Lipinski definition) is 4. The minimum absolute atomic E-state index is 0.0204. The molecule has 0 spiro atoms. The summed E-state index contributed by atoms with van der Waals surface area (Å²) in [6.45, 7) is 3.67. The van der Waals surface area contributed by atoms with Crippen molar-refractivity contribution in [2.45, 2.75) is 32.2 Å². The summed E-state index contributed by atoms with van der Waals surface area (Å²) in [5.74, 6) is 0.407. The molecular weight excluding hydrogens is 408 g/mol. The zero-order valence-corrected chi connectivity index (χ0v) is 18.1. The molecule has 0 unspecified atom stereocenters. The molecule has 8 heteroatoms. The monoisotopic (exact) mass is 436 g/mol. The van der Waals surface area contributed by atoms with Crippen molar-refractivity contribution in [2.24, 2.45) is 0 Å². The molecule has 2 aliphatic rings. The number of aryl methyl sites for hydroxylation is 1. The molecule has 0 aromatic heterocycles. The Hall–Kier alpha value is -3.55. The van der Waals surface area contributed by atoms with Gasteiger partial charge in [-0.15, -0.1) is 0 Å². The molecule has 4 rings (SSSR count). The highest BCUT2D eigenvalue weighted by Crippen LogP contribution is 2.23. The fraction of sp³-hybridized carbons (Fsp3) is 0.375. The van der Waals surface area contributed by atoms with Gasteiger partial charge in [0.15, 0.2) is 6.61 Å². The maximum atomic E-state index is 12.5. The Morgan fingerprint density at radius 2 is 1.94 bits per heavy atom. The van der Waals surface area contributed by atoms with Gasteiger partial charge in [0.2, 0.25) is 0 Å². The Morgan fingerprint density at radius 3 is 2.59 bits per heavy atom. The van der Waals surface area contributed by atoms with Crippen LogP contribution >= 0.6 is 0 Å². The molecule has 32 heavy (non-hydrogen) atoms. The highest BCUT2D eigenvalue weighted by atomic mass is 16.5. The molecule has 2 aromatic rings. The molecule has 0 radical (unpaired) electrons. The van der Waals surface area contributed by atoms with Crippen LogP contribution in [0.1, 0.15) is 34.3 Å². The van der Waals surface area contributed by atoms with E-state index in [1.54, 1.807) is 11.0 Å².